The predicted octanol–water partition coefficient (Wildman–Crippen LogP) is 2.87. The highest BCUT2D eigenvalue weighted by Gasteiger charge is 2.23. The first-order chi connectivity index (χ1) is 14.3. The normalized spacial score (nSPS) is 14.9. The van der Waals surface area contributed by atoms with Crippen LogP contribution in [0.4, 0.5) is 11.4 Å². The Hall–Kier alpha value is -2.80. The summed E-state index contributed by atoms with van der Waals surface area (Å²) >= 11 is 5.99. The lowest BCUT2D eigenvalue weighted by Gasteiger charge is -2.36. The van der Waals surface area contributed by atoms with Crippen molar-refractivity contribution in [3.05, 3.63) is 53.1 Å². The van der Waals surface area contributed by atoms with E-state index in [4.69, 9.17) is 16.9 Å². The Morgan fingerprint density at radius 2 is 1.87 bits per heavy atom. The summed E-state index contributed by atoms with van der Waals surface area (Å²) in [5.41, 5.74) is 0.687. The highest BCUT2D eigenvalue weighted by Crippen LogP contribution is 2.28. The number of benzene rings is 2. The molecule has 10 heteroatoms. The fraction of sp³-hybridized carbons (Fsp3) is 0.300. The zero-order valence-electron chi connectivity index (χ0n) is 16.1. The van der Waals surface area contributed by atoms with Gasteiger partial charge >= 0.3 is 5.97 Å². The van der Waals surface area contributed by atoms with E-state index >= 15 is 0 Å². The van der Waals surface area contributed by atoms with Crippen LogP contribution >= 0.6 is 11.6 Å². The molecule has 0 aromatic heterocycles. The highest BCUT2D eigenvalue weighted by atomic mass is 35.5. The summed E-state index contributed by atoms with van der Waals surface area (Å²) in [5.74, 6) is -1.14. The molecule has 1 fully saturated rings. The van der Waals surface area contributed by atoms with Crippen LogP contribution in [-0.2, 0) is 10.0 Å². The van der Waals surface area contributed by atoms with Gasteiger partial charge < -0.3 is 10.0 Å². The molecule has 1 aliphatic rings. The molecule has 2 aromatic carbocycles. The Morgan fingerprint density at radius 1 is 1.17 bits per heavy atom. The molecule has 8 nitrogen and oxygen atoms in total. The van der Waals surface area contributed by atoms with Crippen LogP contribution in [0.2, 0.25) is 5.02 Å². The number of rotatable bonds is 7. The van der Waals surface area contributed by atoms with Crippen molar-refractivity contribution >= 4 is 39.0 Å². The third-order valence-electron chi connectivity index (χ3n) is 4.86. The van der Waals surface area contributed by atoms with Crippen LogP contribution in [0.15, 0.2) is 47.4 Å². The molecule has 1 heterocycles. The minimum absolute atomic E-state index is 0.0137. The maximum absolute atomic E-state index is 12.6. The van der Waals surface area contributed by atoms with E-state index in [-0.39, 0.29) is 21.2 Å². The van der Waals surface area contributed by atoms with E-state index in [1.165, 1.54) is 24.3 Å². The maximum Gasteiger partial charge on any atom is 0.337 e. The van der Waals surface area contributed by atoms with E-state index in [1.807, 2.05) is 4.90 Å². The van der Waals surface area contributed by atoms with Crippen molar-refractivity contribution < 1.29 is 18.3 Å². The van der Waals surface area contributed by atoms with Crippen LogP contribution in [-0.4, -0.2) is 57.1 Å². The second-order valence-electron chi connectivity index (χ2n) is 6.81. The van der Waals surface area contributed by atoms with Gasteiger partial charge in [-0.25, -0.2) is 13.2 Å². The molecule has 2 aromatic rings. The average Bonchev–Trinajstić information content (AvgIpc) is 2.72. The van der Waals surface area contributed by atoms with E-state index in [2.05, 4.69) is 15.7 Å². The van der Waals surface area contributed by atoms with Gasteiger partial charge in [0.05, 0.1) is 22.3 Å². The third kappa shape index (κ3) is 5.02. The Labute approximate surface area is 180 Å². The zero-order chi connectivity index (χ0) is 21.7. The van der Waals surface area contributed by atoms with Crippen LogP contribution in [0.1, 0.15) is 16.8 Å². The van der Waals surface area contributed by atoms with Gasteiger partial charge in [-0.2, -0.15) is 5.26 Å². The van der Waals surface area contributed by atoms with E-state index in [0.29, 0.717) is 31.7 Å². The molecule has 1 aliphatic heterocycles. The summed E-state index contributed by atoms with van der Waals surface area (Å²) in [6, 6.07) is 12.6. The third-order valence-corrected chi connectivity index (χ3v) is 6.74. The molecule has 0 bridgehead atoms. The summed E-state index contributed by atoms with van der Waals surface area (Å²) in [6.45, 7) is 3.38. The Kier molecular flexibility index (Phi) is 6.82. The number of nitriles is 1. The molecule has 0 aliphatic carbocycles. The van der Waals surface area contributed by atoms with Gasteiger partial charge in [0.25, 0.3) is 10.0 Å². The lowest BCUT2D eigenvalue weighted by Crippen LogP contribution is -2.47. The molecule has 2 N–H and O–H groups in total. The number of nitrogens with one attached hydrogen (secondary N) is 1. The molecule has 0 amide bonds. The van der Waals surface area contributed by atoms with Crippen LogP contribution in [0, 0.1) is 11.3 Å². The molecule has 0 unspecified atom stereocenters. The van der Waals surface area contributed by atoms with Gasteiger partial charge in [0.1, 0.15) is 4.90 Å². The fourth-order valence-corrected chi connectivity index (χ4v) is 4.91. The van der Waals surface area contributed by atoms with Gasteiger partial charge in [0.2, 0.25) is 0 Å². The molecule has 158 valence electrons. The summed E-state index contributed by atoms with van der Waals surface area (Å²) < 4.78 is 27.7. The molecular weight excluding hydrogens is 428 g/mol. The standard InChI is InChI=1S/C20H21ClN4O4S/c21-17-4-1-2-5-19(17)30(28,29)23-15-6-7-18(16(14-15)20(26)27)25-12-10-24(11-13-25)9-3-8-22/h1-2,4-7,14,23H,3,9-13H2,(H,26,27). The summed E-state index contributed by atoms with van der Waals surface area (Å²) in [6.07, 6.45) is 0.459. The zero-order valence-corrected chi connectivity index (χ0v) is 17.7. The number of carboxylic acid groups (broad SMARTS) is 1. The van der Waals surface area contributed by atoms with Gasteiger partial charge in [-0.1, -0.05) is 23.7 Å². The van der Waals surface area contributed by atoms with Crippen molar-refractivity contribution in [1.82, 2.24) is 4.90 Å². The molecule has 1 saturated heterocycles. The van der Waals surface area contributed by atoms with Crippen LogP contribution in [0.5, 0.6) is 0 Å². The van der Waals surface area contributed by atoms with E-state index in [0.717, 1.165) is 13.1 Å². The van der Waals surface area contributed by atoms with Gasteiger partial charge in [0.15, 0.2) is 0 Å². The number of sulfonamides is 1. The minimum Gasteiger partial charge on any atom is -0.478 e. The van der Waals surface area contributed by atoms with Gasteiger partial charge in [0, 0.05) is 44.8 Å². The second kappa shape index (κ2) is 9.34. The fourth-order valence-electron chi connectivity index (χ4n) is 3.34. The maximum atomic E-state index is 12.6. The van der Waals surface area contributed by atoms with Crippen molar-refractivity contribution in [3.8, 4) is 6.07 Å². The number of hydrogen-bond acceptors (Lipinski definition) is 6. The molecular formula is C20H21ClN4O4S. The quantitative estimate of drug-likeness (QED) is 0.669. The number of piperazine rings is 1. The largest absolute Gasteiger partial charge is 0.478 e. The molecule has 0 radical (unpaired) electrons. The van der Waals surface area contributed by atoms with E-state index < -0.39 is 16.0 Å². The Morgan fingerprint density at radius 3 is 2.50 bits per heavy atom. The smallest absolute Gasteiger partial charge is 0.337 e. The number of hydrogen-bond donors (Lipinski definition) is 2. The highest BCUT2D eigenvalue weighted by molar-refractivity contribution is 7.92. The van der Waals surface area contributed by atoms with Crippen molar-refractivity contribution in [1.29, 1.82) is 5.26 Å². The lowest BCUT2D eigenvalue weighted by atomic mass is 10.1. The van der Waals surface area contributed by atoms with Crippen molar-refractivity contribution in [2.45, 2.75) is 11.3 Å². The summed E-state index contributed by atoms with van der Waals surface area (Å²) in [7, 11) is -3.96. The average molecular weight is 449 g/mol. The Bertz CT molecular complexity index is 1080. The number of nitrogens with zero attached hydrogens (tertiary/aromatic N) is 3. The molecule has 0 atom stereocenters. The first-order valence-corrected chi connectivity index (χ1v) is 11.2. The van der Waals surface area contributed by atoms with Crippen LogP contribution in [0.3, 0.4) is 0 Å². The molecule has 0 spiro atoms. The van der Waals surface area contributed by atoms with Crippen LogP contribution < -0.4 is 9.62 Å². The monoisotopic (exact) mass is 448 g/mol. The first kappa shape index (κ1) is 21.9. The molecule has 3 rings (SSSR count). The second-order valence-corrected chi connectivity index (χ2v) is 8.87. The minimum atomic E-state index is -3.96. The van der Waals surface area contributed by atoms with E-state index in [9.17, 15) is 18.3 Å². The number of carboxylic acids is 1. The van der Waals surface area contributed by atoms with Gasteiger partial charge in [-0.3, -0.25) is 9.62 Å². The van der Waals surface area contributed by atoms with Crippen molar-refractivity contribution in [2.24, 2.45) is 0 Å². The number of carbonyl (C=O) groups is 1. The van der Waals surface area contributed by atoms with Gasteiger partial charge in [-0.15, -0.1) is 0 Å². The van der Waals surface area contributed by atoms with Crippen molar-refractivity contribution in [3.63, 3.8) is 0 Å². The topological polar surface area (TPSA) is 114 Å². The molecule has 0 saturated carbocycles. The number of halogens is 1. The number of aromatic carboxylic acids is 1. The Balaban J connectivity index is 1.80. The van der Waals surface area contributed by atoms with Crippen LogP contribution in [0.25, 0.3) is 0 Å². The van der Waals surface area contributed by atoms with Gasteiger partial charge in [-0.05, 0) is 30.3 Å². The number of anilines is 2. The summed E-state index contributed by atoms with van der Waals surface area (Å²) in [5, 5.41) is 18.5. The predicted molar refractivity (Wildman–Crippen MR) is 115 cm³/mol. The van der Waals surface area contributed by atoms with Crippen molar-refractivity contribution in [2.75, 3.05) is 42.3 Å². The summed E-state index contributed by atoms with van der Waals surface area (Å²) in [4.78, 5) is 15.9. The lowest BCUT2D eigenvalue weighted by molar-refractivity contribution is 0.0697. The molecule has 30 heavy (non-hydrogen) atoms. The SMILES string of the molecule is N#CCCN1CCN(c2ccc(NS(=O)(=O)c3ccccc3Cl)cc2C(=O)O)CC1. The van der Waals surface area contributed by atoms with E-state index in [1.54, 1.807) is 18.2 Å². The first-order valence-electron chi connectivity index (χ1n) is 9.31.